The fraction of sp³-hybridized carbons (Fsp3) is 0.368. The molecule has 2 aromatic rings. The summed E-state index contributed by atoms with van der Waals surface area (Å²) in [6, 6.07) is 21.7. The highest BCUT2D eigenvalue weighted by Crippen LogP contribution is 2.27. The molecule has 1 aliphatic rings. The molecule has 2 aromatic carbocycles. The van der Waals surface area contributed by atoms with Gasteiger partial charge in [-0.2, -0.15) is 0 Å². The summed E-state index contributed by atoms with van der Waals surface area (Å²) in [5.74, 6) is 1.37. The Kier molecular flexibility index (Phi) is 4.49. The molecule has 3 rings (SSSR count). The van der Waals surface area contributed by atoms with Gasteiger partial charge in [0.05, 0.1) is 0 Å². The van der Waals surface area contributed by atoms with Crippen LogP contribution in [0.5, 0.6) is 0 Å². The van der Waals surface area contributed by atoms with Gasteiger partial charge in [-0.1, -0.05) is 67.1 Å². The minimum Gasteiger partial charge on any atom is -0.316 e. The molecule has 0 radical (unpaired) electrons. The van der Waals surface area contributed by atoms with Crippen molar-refractivity contribution < 1.29 is 0 Å². The first-order valence-electron chi connectivity index (χ1n) is 7.74. The molecule has 0 bridgehead atoms. The third kappa shape index (κ3) is 3.29. The minimum absolute atomic E-state index is 0.456. The molecule has 1 heteroatoms. The van der Waals surface area contributed by atoms with Crippen molar-refractivity contribution in [3.63, 3.8) is 0 Å². The van der Waals surface area contributed by atoms with Crippen LogP contribution in [0.15, 0.2) is 60.7 Å². The number of rotatable bonds is 6. The van der Waals surface area contributed by atoms with E-state index in [2.05, 4.69) is 66.0 Å². The van der Waals surface area contributed by atoms with Crippen molar-refractivity contribution in [2.45, 2.75) is 25.2 Å². The highest BCUT2D eigenvalue weighted by atomic mass is 14.9. The molecule has 0 heterocycles. The van der Waals surface area contributed by atoms with E-state index in [9.17, 15) is 0 Å². The van der Waals surface area contributed by atoms with E-state index >= 15 is 0 Å². The van der Waals surface area contributed by atoms with Gasteiger partial charge >= 0.3 is 0 Å². The molecule has 1 fully saturated rings. The van der Waals surface area contributed by atoms with Gasteiger partial charge in [0.25, 0.3) is 0 Å². The van der Waals surface area contributed by atoms with Crippen molar-refractivity contribution in [1.82, 2.24) is 5.32 Å². The van der Waals surface area contributed by atoms with Crippen LogP contribution >= 0.6 is 0 Å². The van der Waals surface area contributed by atoms with Crippen LogP contribution in [0, 0.1) is 5.92 Å². The zero-order chi connectivity index (χ0) is 13.6. The smallest absolute Gasteiger partial charge is 0.0214 e. The first kappa shape index (κ1) is 13.4. The molecule has 1 N–H and O–H groups in total. The average molecular weight is 265 g/mol. The quantitative estimate of drug-likeness (QED) is 0.825. The molecule has 1 nitrogen and oxygen atoms in total. The molecule has 0 aromatic heterocycles. The van der Waals surface area contributed by atoms with E-state index in [0.717, 1.165) is 12.5 Å². The fourth-order valence-corrected chi connectivity index (χ4v) is 2.93. The molecule has 0 saturated heterocycles. The molecular formula is C19H23N. The molecule has 0 spiro atoms. The summed E-state index contributed by atoms with van der Waals surface area (Å²) in [7, 11) is 0. The van der Waals surface area contributed by atoms with Gasteiger partial charge in [0, 0.05) is 12.5 Å². The van der Waals surface area contributed by atoms with Crippen molar-refractivity contribution in [2.75, 3.05) is 13.1 Å². The van der Waals surface area contributed by atoms with E-state index in [4.69, 9.17) is 0 Å². The lowest BCUT2D eigenvalue weighted by atomic mass is 9.85. The Morgan fingerprint density at radius 2 is 1.40 bits per heavy atom. The molecule has 0 aliphatic heterocycles. The van der Waals surface area contributed by atoms with Crippen LogP contribution in [-0.4, -0.2) is 13.1 Å². The second kappa shape index (κ2) is 6.71. The third-order valence-corrected chi connectivity index (χ3v) is 4.41. The predicted octanol–water partition coefficient (Wildman–Crippen LogP) is 4.21. The van der Waals surface area contributed by atoms with Crippen molar-refractivity contribution >= 4 is 0 Å². The second-order valence-corrected chi connectivity index (χ2v) is 5.83. The van der Waals surface area contributed by atoms with Gasteiger partial charge in [0.1, 0.15) is 0 Å². The Bertz CT molecular complexity index is 462. The summed E-state index contributed by atoms with van der Waals surface area (Å²) >= 11 is 0. The van der Waals surface area contributed by atoms with Gasteiger partial charge < -0.3 is 5.32 Å². The molecular weight excluding hydrogens is 242 g/mol. The minimum atomic E-state index is 0.456. The zero-order valence-corrected chi connectivity index (χ0v) is 12.0. The van der Waals surface area contributed by atoms with Crippen LogP contribution in [-0.2, 0) is 0 Å². The Hall–Kier alpha value is -1.60. The lowest BCUT2D eigenvalue weighted by Gasteiger charge is -2.27. The molecule has 0 amide bonds. The molecule has 0 unspecified atom stereocenters. The Morgan fingerprint density at radius 1 is 0.850 bits per heavy atom. The summed E-state index contributed by atoms with van der Waals surface area (Å²) < 4.78 is 0. The van der Waals surface area contributed by atoms with Crippen LogP contribution in [0.2, 0.25) is 0 Å². The van der Waals surface area contributed by atoms with Crippen LogP contribution < -0.4 is 5.32 Å². The standard InChI is InChI=1S/C19H23N/c1-3-10-17(11-4-1)19(18-12-5-2-6-13-18)15-20-14-16-8-7-9-16/h1-6,10-13,16,19-20H,7-9,14-15H2. The van der Waals surface area contributed by atoms with Crippen LogP contribution in [0.4, 0.5) is 0 Å². The first-order valence-corrected chi connectivity index (χ1v) is 7.74. The van der Waals surface area contributed by atoms with Gasteiger partial charge in [0.15, 0.2) is 0 Å². The van der Waals surface area contributed by atoms with Gasteiger partial charge in [0.2, 0.25) is 0 Å². The fourth-order valence-electron chi connectivity index (χ4n) is 2.93. The SMILES string of the molecule is c1ccc(C(CNCC2CCC2)c2ccccc2)cc1. The summed E-state index contributed by atoms with van der Waals surface area (Å²) in [4.78, 5) is 0. The maximum absolute atomic E-state index is 3.68. The highest BCUT2D eigenvalue weighted by molar-refractivity contribution is 5.32. The number of nitrogens with one attached hydrogen (secondary N) is 1. The van der Waals surface area contributed by atoms with Gasteiger partial charge in [-0.25, -0.2) is 0 Å². The summed E-state index contributed by atoms with van der Waals surface area (Å²) in [5.41, 5.74) is 2.81. The maximum Gasteiger partial charge on any atom is 0.0214 e. The van der Waals surface area contributed by atoms with E-state index in [1.807, 2.05) is 0 Å². The summed E-state index contributed by atoms with van der Waals surface area (Å²) in [5, 5.41) is 3.68. The topological polar surface area (TPSA) is 12.0 Å². The van der Waals surface area contributed by atoms with Crippen molar-refractivity contribution in [2.24, 2.45) is 5.92 Å². The van der Waals surface area contributed by atoms with Crippen molar-refractivity contribution in [3.05, 3.63) is 71.8 Å². The van der Waals surface area contributed by atoms with Gasteiger partial charge in [-0.15, -0.1) is 0 Å². The average Bonchev–Trinajstić information content (AvgIpc) is 2.47. The molecule has 104 valence electrons. The van der Waals surface area contributed by atoms with Crippen LogP contribution in [0.1, 0.15) is 36.3 Å². The molecule has 1 saturated carbocycles. The van der Waals surface area contributed by atoms with Crippen molar-refractivity contribution in [3.8, 4) is 0 Å². The Balaban J connectivity index is 1.70. The van der Waals surface area contributed by atoms with Crippen molar-refractivity contribution in [1.29, 1.82) is 0 Å². The normalized spacial score (nSPS) is 15.2. The maximum atomic E-state index is 3.68. The number of hydrogen-bond acceptors (Lipinski definition) is 1. The van der Waals surface area contributed by atoms with E-state index < -0.39 is 0 Å². The van der Waals surface area contributed by atoms with Crippen LogP contribution in [0.3, 0.4) is 0 Å². The van der Waals surface area contributed by atoms with E-state index in [1.54, 1.807) is 0 Å². The zero-order valence-electron chi connectivity index (χ0n) is 12.0. The van der Waals surface area contributed by atoms with Gasteiger partial charge in [-0.05, 0) is 36.4 Å². The van der Waals surface area contributed by atoms with Crippen LogP contribution in [0.25, 0.3) is 0 Å². The third-order valence-electron chi connectivity index (χ3n) is 4.41. The monoisotopic (exact) mass is 265 g/mol. The molecule has 20 heavy (non-hydrogen) atoms. The second-order valence-electron chi connectivity index (χ2n) is 5.83. The Labute approximate surface area is 122 Å². The summed E-state index contributed by atoms with van der Waals surface area (Å²) in [6.07, 6.45) is 4.25. The lowest BCUT2D eigenvalue weighted by molar-refractivity contribution is 0.301. The molecule has 1 aliphatic carbocycles. The van der Waals surface area contributed by atoms with E-state index in [-0.39, 0.29) is 0 Å². The highest BCUT2D eigenvalue weighted by Gasteiger charge is 2.18. The van der Waals surface area contributed by atoms with E-state index in [0.29, 0.717) is 5.92 Å². The van der Waals surface area contributed by atoms with Gasteiger partial charge in [-0.3, -0.25) is 0 Å². The largest absolute Gasteiger partial charge is 0.316 e. The Morgan fingerprint density at radius 3 is 1.85 bits per heavy atom. The predicted molar refractivity (Wildman–Crippen MR) is 84.9 cm³/mol. The summed E-state index contributed by atoms with van der Waals surface area (Å²) in [6.45, 7) is 2.21. The number of benzene rings is 2. The van der Waals surface area contributed by atoms with E-state index in [1.165, 1.54) is 36.9 Å². The molecule has 0 atom stereocenters. The first-order chi connectivity index (χ1) is 9.93. The lowest BCUT2D eigenvalue weighted by Crippen LogP contribution is -2.30. The number of hydrogen-bond donors (Lipinski definition) is 1.